The zero-order valence-corrected chi connectivity index (χ0v) is 9.67. The van der Waals surface area contributed by atoms with Crippen molar-refractivity contribution in [2.75, 3.05) is 52.9 Å². The van der Waals surface area contributed by atoms with Gasteiger partial charge >= 0.3 is 0 Å². The number of ether oxygens (including phenoxy) is 5. The maximum Gasteiger partial charge on any atom is 0.293 e. The molecule has 0 aliphatic heterocycles. The van der Waals surface area contributed by atoms with Gasteiger partial charge in [0.2, 0.25) is 0 Å². The predicted molar refractivity (Wildman–Crippen MR) is 56.5 cm³/mol. The molecule has 0 aliphatic carbocycles. The first-order chi connectivity index (χ1) is 8.41. The van der Waals surface area contributed by atoms with Crippen LogP contribution in [0, 0.1) is 0 Å². The molecule has 0 aromatic rings. The minimum atomic E-state index is 0.253. The molecule has 0 saturated heterocycles. The second kappa shape index (κ2) is 14.8. The number of hydrogen-bond acceptors (Lipinski definition) is 7. The molecule has 0 aliphatic rings. The van der Waals surface area contributed by atoms with Gasteiger partial charge in [0, 0.05) is 0 Å². The molecule has 0 atom stereocenters. The fourth-order valence-electron chi connectivity index (χ4n) is 0.852. The average Bonchev–Trinajstić information content (AvgIpc) is 2.35. The van der Waals surface area contributed by atoms with E-state index in [2.05, 4.69) is 9.47 Å². The molecule has 100 valence electrons. The molecular formula is C10H18O7. The molecule has 7 heteroatoms. The quantitative estimate of drug-likeness (QED) is 0.300. The summed E-state index contributed by atoms with van der Waals surface area (Å²) in [5.41, 5.74) is 0. The summed E-state index contributed by atoms with van der Waals surface area (Å²) >= 11 is 0. The second-order valence-electron chi connectivity index (χ2n) is 2.77. The Morgan fingerprint density at radius 2 is 0.824 bits per heavy atom. The number of hydrogen-bond donors (Lipinski definition) is 0. The first-order valence-electron chi connectivity index (χ1n) is 5.25. The largest absolute Gasteiger partial charge is 0.465 e. The molecule has 0 rings (SSSR count). The third-order valence-electron chi connectivity index (χ3n) is 1.57. The molecule has 0 spiro atoms. The zero-order valence-electron chi connectivity index (χ0n) is 9.67. The third kappa shape index (κ3) is 14.8. The second-order valence-corrected chi connectivity index (χ2v) is 2.77. The van der Waals surface area contributed by atoms with Gasteiger partial charge in [-0.3, -0.25) is 9.59 Å². The molecule has 0 unspecified atom stereocenters. The van der Waals surface area contributed by atoms with E-state index >= 15 is 0 Å². The maximum absolute atomic E-state index is 9.76. The lowest BCUT2D eigenvalue weighted by atomic mass is 10.7. The summed E-state index contributed by atoms with van der Waals surface area (Å²) < 4.78 is 24.2. The van der Waals surface area contributed by atoms with Crippen LogP contribution < -0.4 is 0 Å². The van der Waals surface area contributed by atoms with E-state index in [4.69, 9.17) is 14.2 Å². The van der Waals surface area contributed by atoms with Crippen LogP contribution in [0.25, 0.3) is 0 Å². The third-order valence-corrected chi connectivity index (χ3v) is 1.57. The van der Waals surface area contributed by atoms with Crippen molar-refractivity contribution in [3.05, 3.63) is 0 Å². The normalized spacial score (nSPS) is 9.88. The zero-order chi connectivity index (χ0) is 12.6. The van der Waals surface area contributed by atoms with Gasteiger partial charge in [-0.1, -0.05) is 0 Å². The molecule has 0 saturated carbocycles. The Morgan fingerprint density at radius 1 is 0.529 bits per heavy atom. The standard InChI is InChI=1S/C10H18O7/c11-9-16-7-5-14-3-1-13-2-4-15-6-8-17-10-12/h9-10H,1-8H2. The number of rotatable bonds is 14. The van der Waals surface area contributed by atoms with E-state index in [1.807, 2.05) is 0 Å². The Kier molecular flexibility index (Phi) is 13.8. The minimum Gasteiger partial charge on any atom is -0.465 e. The van der Waals surface area contributed by atoms with Crippen LogP contribution >= 0.6 is 0 Å². The Balaban J connectivity index is 2.89. The van der Waals surface area contributed by atoms with Gasteiger partial charge in [-0.25, -0.2) is 0 Å². The molecule has 0 bridgehead atoms. The average molecular weight is 250 g/mol. The molecule has 7 nitrogen and oxygen atoms in total. The fourth-order valence-corrected chi connectivity index (χ4v) is 0.852. The van der Waals surface area contributed by atoms with Crippen molar-refractivity contribution in [1.29, 1.82) is 0 Å². The van der Waals surface area contributed by atoms with Crippen molar-refractivity contribution in [3.63, 3.8) is 0 Å². The van der Waals surface area contributed by atoms with Crippen LogP contribution in [0.3, 0.4) is 0 Å². The highest BCUT2D eigenvalue weighted by molar-refractivity contribution is 5.36. The summed E-state index contributed by atoms with van der Waals surface area (Å²) in [7, 11) is 0. The summed E-state index contributed by atoms with van der Waals surface area (Å²) in [6.45, 7) is 3.78. The molecule has 0 radical (unpaired) electrons. The summed E-state index contributed by atoms with van der Waals surface area (Å²) in [5.74, 6) is 0. The van der Waals surface area contributed by atoms with Crippen LogP contribution in [0.15, 0.2) is 0 Å². The van der Waals surface area contributed by atoms with Gasteiger partial charge in [0.15, 0.2) is 0 Å². The van der Waals surface area contributed by atoms with Gasteiger partial charge in [0.05, 0.1) is 39.6 Å². The van der Waals surface area contributed by atoms with Gasteiger partial charge in [0.25, 0.3) is 12.9 Å². The van der Waals surface area contributed by atoms with Crippen molar-refractivity contribution in [3.8, 4) is 0 Å². The van der Waals surface area contributed by atoms with Crippen LogP contribution in [0.4, 0.5) is 0 Å². The van der Waals surface area contributed by atoms with E-state index in [0.29, 0.717) is 52.6 Å². The SMILES string of the molecule is O=COCCOCCOCCOCCOC=O. The van der Waals surface area contributed by atoms with Crippen molar-refractivity contribution in [1.82, 2.24) is 0 Å². The lowest BCUT2D eigenvalue weighted by molar-refractivity contribution is -0.130. The predicted octanol–water partition coefficient (Wildman–Crippen LogP) is -0.618. The van der Waals surface area contributed by atoms with Gasteiger partial charge in [0.1, 0.15) is 13.2 Å². The van der Waals surface area contributed by atoms with Crippen molar-refractivity contribution in [2.24, 2.45) is 0 Å². The minimum absolute atomic E-state index is 0.253. The number of carbonyl (C=O) groups excluding carboxylic acids is 2. The topological polar surface area (TPSA) is 80.3 Å². The van der Waals surface area contributed by atoms with Crippen LogP contribution in [0.5, 0.6) is 0 Å². The van der Waals surface area contributed by atoms with Crippen molar-refractivity contribution < 1.29 is 33.3 Å². The van der Waals surface area contributed by atoms with Crippen LogP contribution in [-0.2, 0) is 33.3 Å². The highest BCUT2D eigenvalue weighted by atomic mass is 16.6. The Bertz CT molecular complexity index is 156. The van der Waals surface area contributed by atoms with E-state index in [9.17, 15) is 9.59 Å². The summed E-state index contributed by atoms with van der Waals surface area (Å²) in [5, 5.41) is 0. The molecule has 0 fully saturated rings. The molecular weight excluding hydrogens is 232 g/mol. The monoisotopic (exact) mass is 250 g/mol. The molecule has 0 aromatic heterocycles. The highest BCUT2D eigenvalue weighted by Crippen LogP contribution is 1.82. The van der Waals surface area contributed by atoms with Crippen molar-refractivity contribution >= 4 is 12.9 Å². The first-order valence-corrected chi connectivity index (χ1v) is 5.25. The Hall–Kier alpha value is -1.18. The van der Waals surface area contributed by atoms with Crippen LogP contribution in [0.2, 0.25) is 0 Å². The molecule has 0 heterocycles. The first kappa shape index (κ1) is 15.8. The lowest BCUT2D eigenvalue weighted by Crippen LogP contribution is -2.12. The Morgan fingerprint density at radius 3 is 1.12 bits per heavy atom. The van der Waals surface area contributed by atoms with E-state index in [0.717, 1.165) is 0 Å². The molecule has 0 aromatic carbocycles. The van der Waals surface area contributed by atoms with Gasteiger partial charge in [-0.05, 0) is 0 Å². The molecule has 17 heavy (non-hydrogen) atoms. The Labute approximate surface area is 99.9 Å². The maximum atomic E-state index is 9.76. The summed E-state index contributed by atoms with van der Waals surface area (Å²) in [6, 6.07) is 0. The summed E-state index contributed by atoms with van der Waals surface area (Å²) in [4.78, 5) is 19.5. The van der Waals surface area contributed by atoms with Gasteiger partial charge in [-0.2, -0.15) is 0 Å². The molecule has 0 amide bonds. The highest BCUT2D eigenvalue weighted by Gasteiger charge is 1.92. The van der Waals surface area contributed by atoms with E-state index in [-0.39, 0.29) is 13.2 Å². The van der Waals surface area contributed by atoms with E-state index in [1.54, 1.807) is 0 Å². The smallest absolute Gasteiger partial charge is 0.293 e. The van der Waals surface area contributed by atoms with Gasteiger partial charge < -0.3 is 23.7 Å². The molecule has 0 N–H and O–H groups in total. The van der Waals surface area contributed by atoms with Crippen LogP contribution in [0.1, 0.15) is 0 Å². The van der Waals surface area contributed by atoms with E-state index < -0.39 is 0 Å². The van der Waals surface area contributed by atoms with E-state index in [1.165, 1.54) is 0 Å². The van der Waals surface area contributed by atoms with Crippen molar-refractivity contribution in [2.45, 2.75) is 0 Å². The number of carbonyl (C=O) groups is 2. The lowest BCUT2D eigenvalue weighted by Gasteiger charge is -2.06. The van der Waals surface area contributed by atoms with Crippen LogP contribution in [-0.4, -0.2) is 65.8 Å². The summed E-state index contributed by atoms with van der Waals surface area (Å²) in [6.07, 6.45) is 0. The fraction of sp³-hybridized carbons (Fsp3) is 0.800. The van der Waals surface area contributed by atoms with Gasteiger partial charge in [-0.15, -0.1) is 0 Å².